The summed E-state index contributed by atoms with van der Waals surface area (Å²) in [6, 6.07) is 3.56. The lowest BCUT2D eigenvalue weighted by atomic mass is 10.5. The Bertz CT molecular complexity index is 632. The van der Waals surface area contributed by atoms with Gasteiger partial charge in [-0.1, -0.05) is 0 Å². The molecule has 0 fully saturated rings. The minimum Gasteiger partial charge on any atom is -0.463 e. The molecule has 0 bridgehead atoms. The molecule has 0 aliphatic heterocycles. The Hall–Kier alpha value is -2.64. The van der Waals surface area contributed by atoms with E-state index < -0.39 is 0 Å². The van der Waals surface area contributed by atoms with Gasteiger partial charge in [0.2, 0.25) is 0 Å². The average molecular weight is 217 g/mol. The maximum atomic E-state index is 5.49. The second kappa shape index (κ2) is 3.19. The van der Waals surface area contributed by atoms with Gasteiger partial charge in [0.1, 0.15) is 12.1 Å². The van der Waals surface area contributed by atoms with Crippen molar-refractivity contribution in [1.82, 2.24) is 24.5 Å². The van der Waals surface area contributed by atoms with Gasteiger partial charge in [0.05, 0.1) is 12.5 Å². The molecule has 0 atom stereocenters. The Morgan fingerprint density at radius 1 is 1.44 bits per heavy atom. The van der Waals surface area contributed by atoms with Crippen molar-refractivity contribution in [1.29, 1.82) is 0 Å². The summed E-state index contributed by atoms with van der Waals surface area (Å²) in [5, 5.41) is 11.5. The van der Waals surface area contributed by atoms with Crippen LogP contribution in [0.15, 0.2) is 34.1 Å². The van der Waals surface area contributed by atoms with Crippen LogP contribution in [0.4, 0.5) is 5.95 Å². The number of furan rings is 1. The lowest BCUT2D eigenvalue weighted by molar-refractivity contribution is 0.560. The van der Waals surface area contributed by atoms with Crippen molar-refractivity contribution in [2.75, 3.05) is 5.84 Å². The van der Waals surface area contributed by atoms with E-state index >= 15 is 0 Å². The zero-order valence-electron chi connectivity index (χ0n) is 8.06. The van der Waals surface area contributed by atoms with Crippen LogP contribution in [-0.4, -0.2) is 30.7 Å². The summed E-state index contributed by atoms with van der Waals surface area (Å²) in [4.78, 5) is 5.24. The first-order chi connectivity index (χ1) is 7.84. The quantitative estimate of drug-likeness (QED) is 0.480. The van der Waals surface area contributed by atoms with E-state index in [9.17, 15) is 0 Å². The summed E-state index contributed by atoms with van der Waals surface area (Å²) in [5.41, 5.74) is 0. The van der Waals surface area contributed by atoms with E-state index in [0.29, 0.717) is 17.5 Å². The van der Waals surface area contributed by atoms with Crippen LogP contribution in [0, 0.1) is 0 Å². The summed E-state index contributed by atoms with van der Waals surface area (Å²) in [5.74, 6) is 6.94. The highest BCUT2D eigenvalue weighted by molar-refractivity contribution is 5.77. The number of nitrogen functional groups attached to an aromatic ring is 1. The summed E-state index contributed by atoms with van der Waals surface area (Å²) < 4.78 is 6.67. The molecule has 0 aliphatic carbocycles. The molecule has 0 saturated carbocycles. The van der Waals surface area contributed by atoms with Crippen LogP contribution < -0.4 is 5.84 Å². The molecule has 8 heteroatoms. The van der Waals surface area contributed by atoms with Crippen molar-refractivity contribution < 1.29 is 4.42 Å². The highest BCUT2D eigenvalue weighted by atomic mass is 16.3. The van der Waals surface area contributed by atoms with Gasteiger partial charge in [-0.3, -0.25) is 0 Å². The summed E-state index contributed by atoms with van der Waals surface area (Å²) in [6.07, 6.45) is 4.60. The second-order valence-electron chi connectivity index (χ2n) is 3.02. The standard InChI is InChI=1S/C8H7N7O/c9-15-8-13-12-7(14(8)5-11-15)10-4-6-2-1-3-16-6/h1-5H,9H2/b10-4+. The molecule has 3 rings (SSSR count). The topological polar surface area (TPSA) is 99.5 Å². The van der Waals surface area contributed by atoms with Crippen molar-refractivity contribution in [2.24, 2.45) is 4.99 Å². The van der Waals surface area contributed by atoms with E-state index in [1.54, 1.807) is 29.0 Å². The van der Waals surface area contributed by atoms with E-state index in [1.807, 2.05) is 0 Å². The molecule has 0 unspecified atom stereocenters. The Labute approximate surface area is 89.0 Å². The molecule has 0 aromatic carbocycles. The van der Waals surface area contributed by atoms with Crippen LogP contribution in [0.3, 0.4) is 0 Å². The SMILES string of the molecule is Nn1ncn2c(/N=C/c3ccco3)nnc12. The van der Waals surface area contributed by atoms with Gasteiger partial charge >= 0.3 is 0 Å². The van der Waals surface area contributed by atoms with Gasteiger partial charge in [-0.15, -0.1) is 20.1 Å². The smallest absolute Gasteiger partial charge is 0.274 e. The molecule has 0 aliphatic rings. The molecular weight excluding hydrogens is 210 g/mol. The fourth-order valence-corrected chi connectivity index (χ4v) is 1.27. The first-order valence-corrected chi connectivity index (χ1v) is 4.46. The minimum atomic E-state index is 0.392. The number of aliphatic imine (C=N–C) groups is 1. The number of nitrogens with two attached hydrogens (primary N) is 1. The maximum absolute atomic E-state index is 5.49. The Morgan fingerprint density at radius 3 is 3.19 bits per heavy atom. The number of rotatable bonds is 2. The Morgan fingerprint density at radius 2 is 2.38 bits per heavy atom. The molecule has 0 spiro atoms. The van der Waals surface area contributed by atoms with Gasteiger partial charge in [0.15, 0.2) is 0 Å². The highest BCUT2D eigenvalue weighted by Crippen LogP contribution is 2.09. The molecule has 80 valence electrons. The molecule has 0 saturated heterocycles. The molecule has 3 heterocycles. The molecule has 2 N–H and O–H groups in total. The lowest BCUT2D eigenvalue weighted by Gasteiger charge is -1.85. The zero-order valence-corrected chi connectivity index (χ0v) is 8.06. The number of hydrogen-bond acceptors (Lipinski definition) is 6. The summed E-state index contributed by atoms with van der Waals surface area (Å²) in [6.45, 7) is 0. The predicted octanol–water partition coefficient (Wildman–Crippen LogP) is -0.0168. The zero-order chi connectivity index (χ0) is 11.0. The van der Waals surface area contributed by atoms with E-state index in [-0.39, 0.29) is 0 Å². The van der Waals surface area contributed by atoms with E-state index in [0.717, 1.165) is 4.79 Å². The van der Waals surface area contributed by atoms with Gasteiger partial charge in [0.25, 0.3) is 11.7 Å². The first kappa shape index (κ1) is 8.65. The first-order valence-electron chi connectivity index (χ1n) is 4.46. The van der Waals surface area contributed by atoms with Gasteiger partial charge in [-0.2, -0.15) is 0 Å². The third-order valence-electron chi connectivity index (χ3n) is 2.01. The van der Waals surface area contributed by atoms with Crippen LogP contribution in [-0.2, 0) is 0 Å². The van der Waals surface area contributed by atoms with Crippen LogP contribution in [0.25, 0.3) is 5.78 Å². The molecular formula is C8H7N7O. The number of nitrogens with zero attached hydrogens (tertiary/aromatic N) is 6. The largest absolute Gasteiger partial charge is 0.463 e. The number of fused-ring (bicyclic) bond motifs is 1. The van der Waals surface area contributed by atoms with Crippen molar-refractivity contribution in [3.8, 4) is 0 Å². The van der Waals surface area contributed by atoms with Crippen molar-refractivity contribution in [3.63, 3.8) is 0 Å². The predicted molar refractivity (Wildman–Crippen MR) is 54.9 cm³/mol. The summed E-state index contributed by atoms with van der Waals surface area (Å²) in [7, 11) is 0. The Balaban J connectivity index is 2.01. The van der Waals surface area contributed by atoms with Crippen LogP contribution >= 0.6 is 0 Å². The number of aromatic nitrogens is 5. The average Bonchev–Trinajstić information content (AvgIpc) is 2.96. The van der Waals surface area contributed by atoms with Gasteiger partial charge in [0, 0.05) is 0 Å². The summed E-state index contributed by atoms with van der Waals surface area (Å²) >= 11 is 0. The fourth-order valence-electron chi connectivity index (χ4n) is 1.27. The van der Waals surface area contributed by atoms with Crippen LogP contribution in [0.2, 0.25) is 0 Å². The van der Waals surface area contributed by atoms with Gasteiger partial charge in [-0.05, 0) is 12.1 Å². The van der Waals surface area contributed by atoms with Crippen molar-refractivity contribution >= 4 is 17.9 Å². The normalized spacial score (nSPS) is 11.8. The molecule has 3 aromatic heterocycles. The van der Waals surface area contributed by atoms with Gasteiger partial charge < -0.3 is 10.3 Å². The van der Waals surface area contributed by atoms with E-state index in [1.165, 1.54) is 6.33 Å². The lowest BCUT2D eigenvalue weighted by Crippen LogP contribution is -2.09. The molecule has 16 heavy (non-hydrogen) atoms. The molecule has 3 aromatic rings. The van der Waals surface area contributed by atoms with Crippen LogP contribution in [0.1, 0.15) is 5.76 Å². The third-order valence-corrected chi connectivity index (χ3v) is 2.01. The van der Waals surface area contributed by atoms with E-state index in [2.05, 4.69) is 20.3 Å². The molecule has 0 radical (unpaired) electrons. The highest BCUT2D eigenvalue weighted by Gasteiger charge is 2.07. The Kier molecular flexibility index (Phi) is 1.72. The molecule has 8 nitrogen and oxygen atoms in total. The van der Waals surface area contributed by atoms with Gasteiger partial charge in [-0.25, -0.2) is 9.39 Å². The van der Waals surface area contributed by atoms with E-state index in [4.69, 9.17) is 10.3 Å². The minimum absolute atomic E-state index is 0.392. The monoisotopic (exact) mass is 217 g/mol. The molecule has 0 amide bonds. The van der Waals surface area contributed by atoms with Crippen LogP contribution in [0.5, 0.6) is 0 Å². The van der Waals surface area contributed by atoms with Crippen molar-refractivity contribution in [2.45, 2.75) is 0 Å². The maximum Gasteiger partial charge on any atom is 0.274 e. The fraction of sp³-hybridized carbons (Fsp3) is 0. The third kappa shape index (κ3) is 1.24. The number of hydrogen-bond donors (Lipinski definition) is 1. The second-order valence-corrected chi connectivity index (χ2v) is 3.02. The van der Waals surface area contributed by atoms with Crippen molar-refractivity contribution in [3.05, 3.63) is 30.5 Å².